The van der Waals surface area contributed by atoms with Gasteiger partial charge in [-0.2, -0.15) is 0 Å². The molecular formula is C22H29N3O3. The van der Waals surface area contributed by atoms with Gasteiger partial charge in [-0.3, -0.25) is 4.79 Å². The van der Waals surface area contributed by atoms with Crippen LogP contribution in [-0.2, 0) is 4.74 Å². The molecule has 2 aliphatic heterocycles. The molecule has 2 fully saturated rings. The van der Waals surface area contributed by atoms with Crippen LogP contribution in [0.1, 0.15) is 41.7 Å². The average molecular weight is 383 g/mol. The minimum Gasteiger partial charge on any atom is -0.443 e. The zero-order chi connectivity index (χ0) is 19.3. The van der Waals surface area contributed by atoms with Crippen LogP contribution in [0.3, 0.4) is 0 Å². The van der Waals surface area contributed by atoms with Gasteiger partial charge in [0.2, 0.25) is 0 Å². The molecule has 1 aromatic carbocycles. The zero-order valence-corrected chi connectivity index (χ0v) is 16.6. The quantitative estimate of drug-likeness (QED) is 0.765. The van der Waals surface area contributed by atoms with Crippen molar-refractivity contribution < 1.29 is 13.9 Å². The number of carbonyl (C=O) groups excluding carboxylic acids is 1. The van der Waals surface area contributed by atoms with Crippen LogP contribution in [0.4, 0.5) is 0 Å². The van der Waals surface area contributed by atoms with Crippen molar-refractivity contribution in [1.29, 1.82) is 0 Å². The van der Waals surface area contributed by atoms with Crippen LogP contribution in [0, 0.1) is 6.92 Å². The number of nitrogens with zero attached hydrogens (tertiary/aromatic N) is 3. The maximum absolute atomic E-state index is 13.5. The molecule has 2 aliphatic rings. The summed E-state index contributed by atoms with van der Waals surface area (Å²) >= 11 is 0. The molecule has 1 amide bonds. The minimum atomic E-state index is -0.0312. The number of benzene rings is 1. The number of ether oxygens (including phenoxy) is 1. The van der Waals surface area contributed by atoms with E-state index in [1.807, 2.05) is 36.1 Å². The second-order valence-electron chi connectivity index (χ2n) is 7.79. The topological polar surface area (TPSA) is 58.8 Å². The Morgan fingerprint density at radius 3 is 2.79 bits per heavy atom. The number of aromatic nitrogens is 1. The molecule has 0 saturated carbocycles. The molecule has 0 bridgehead atoms. The number of carbonyl (C=O) groups is 1. The Balaban J connectivity index is 1.57. The van der Waals surface area contributed by atoms with E-state index in [-0.39, 0.29) is 11.9 Å². The normalized spacial score (nSPS) is 18.5. The first-order chi connectivity index (χ1) is 13.7. The Bertz CT molecular complexity index is 792. The molecule has 4 rings (SSSR count). The van der Waals surface area contributed by atoms with E-state index in [9.17, 15) is 4.79 Å². The standard InChI is InChI=1S/C22H29N3O3/c1-17-5-4-6-18(15-17)21-20(23-16-28-21)22(26)25(19-7-13-27-14-8-19)12-11-24-9-2-3-10-24/h4-6,15-16,19H,2-3,7-14H2,1H3. The second kappa shape index (κ2) is 8.88. The van der Waals surface area contributed by atoms with E-state index in [2.05, 4.69) is 9.88 Å². The summed E-state index contributed by atoms with van der Waals surface area (Å²) in [5, 5.41) is 0. The number of hydrogen-bond acceptors (Lipinski definition) is 5. The van der Waals surface area contributed by atoms with E-state index >= 15 is 0 Å². The first-order valence-electron chi connectivity index (χ1n) is 10.3. The molecular weight excluding hydrogens is 354 g/mol. The van der Waals surface area contributed by atoms with E-state index < -0.39 is 0 Å². The highest BCUT2D eigenvalue weighted by Gasteiger charge is 2.31. The fourth-order valence-electron chi connectivity index (χ4n) is 4.23. The Kier molecular flexibility index (Phi) is 6.07. The zero-order valence-electron chi connectivity index (χ0n) is 16.6. The molecule has 0 spiro atoms. The van der Waals surface area contributed by atoms with E-state index in [4.69, 9.17) is 9.15 Å². The Morgan fingerprint density at radius 1 is 1.25 bits per heavy atom. The van der Waals surface area contributed by atoms with Crippen LogP contribution in [0.15, 0.2) is 35.1 Å². The molecule has 6 nitrogen and oxygen atoms in total. The average Bonchev–Trinajstić information content (AvgIpc) is 3.41. The van der Waals surface area contributed by atoms with Gasteiger partial charge in [-0.15, -0.1) is 0 Å². The van der Waals surface area contributed by atoms with Gasteiger partial charge in [-0.25, -0.2) is 4.98 Å². The highest BCUT2D eigenvalue weighted by atomic mass is 16.5. The predicted octanol–water partition coefficient (Wildman–Crippen LogP) is 3.37. The molecule has 3 heterocycles. The Labute approximate surface area is 166 Å². The summed E-state index contributed by atoms with van der Waals surface area (Å²) in [7, 11) is 0. The molecule has 2 aromatic rings. The molecule has 0 atom stereocenters. The third-order valence-corrected chi connectivity index (χ3v) is 5.80. The van der Waals surface area contributed by atoms with Crippen molar-refractivity contribution >= 4 is 5.91 Å². The number of hydrogen-bond donors (Lipinski definition) is 0. The molecule has 150 valence electrons. The summed E-state index contributed by atoms with van der Waals surface area (Å²) in [5.41, 5.74) is 2.44. The smallest absolute Gasteiger partial charge is 0.276 e. The third kappa shape index (κ3) is 4.28. The first kappa shape index (κ1) is 19.2. The molecule has 0 unspecified atom stereocenters. The summed E-state index contributed by atoms with van der Waals surface area (Å²) in [6.45, 7) is 7.36. The van der Waals surface area contributed by atoms with Gasteiger partial charge in [-0.05, 0) is 51.8 Å². The van der Waals surface area contributed by atoms with Gasteiger partial charge in [0.15, 0.2) is 17.8 Å². The molecule has 0 N–H and O–H groups in total. The molecule has 6 heteroatoms. The van der Waals surface area contributed by atoms with Gasteiger partial charge in [0.25, 0.3) is 5.91 Å². The SMILES string of the molecule is Cc1cccc(-c2ocnc2C(=O)N(CCN2CCCC2)C2CCOCC2)c1. The highest BCUT2D eigenvalue weighted by molar-refractivity contribution is 5.97. The van der Waals surface area contributed by atoms with Gasteiger partial charge in [-0.1, -0.05) is 23.8 Å². The van der Waals surface area contributed by atoms with Gasteiger partial charge >= 0.3 is 0 Å². The lowest BCUT2D eigenvalue weighted by Crippen LogP contribution is -2.47. The van der Waals surface area contributed by atoms with Crippen molar-refractivity contribution in [2.45, 2.75) is 38.6 Å². The molecule has 1 aromatic heterocycles. The van der Waals surface area contributed by atoms with Gasteiger partial charge < -0.3 is 19.0 Å². The minimum absolute atomic E-state index is 0.0312. The summed E-state index contributed by atoms with van der Waals surface area (Å²) in [6, 6.07) is 8.20. The van der Waals surface area contributed by atoms with Crippen molar-refractivity contribution in [3.8, 4) is 11.3 Å². The van der Waals surface area contributed by atoms with Crippen LogP contribution >= 0.6 is 0 Å². The van der Waals surface area contributed by atoms with E-state index in [0.29, 0.717) is 24.7 Å². The van der Waals surface area contributed by atoms with E-state index in [0.717, 1.165) is 50.1 Å². The van der Waals surface area contributed by atoms with Crippen molar-refractivity contribution in [2.24, 2.45) is 0 Å². The van der Waals surface area contributed by atoms with Crippen molar-refractivity contribution in [2.75, 3.05) is 39.4 Å². The van der Waals surface area contributed by atoms with Gasteiger partial charge in [0.1, 0.15) is 0 Å². The molecule has 2 saturated heterocycles. The molecule has 0 radical (unpaired) electrons. The van der Waals surface area contributed by atoms with Crippen LogP contribution < -0.4 is 0 Å². The largest absolute Gasteiger partial charge is 0.443 e. The van der Waals surface area contributed by atoms with Crippen LogP contribution in [0.2, 0.25) is 0 Å². The van der Waals surface area contributed by atoms with Gasteiger partial charge in [0.05, 0.1) is 0 Å². The first-order valence-corrected chi connectivity index (χ1v) is 10.3. The monoisotopic (exact) mass is 383 g/mol. The lowest BCUT2D eigenvalue weighted by molar-refractivity contribution is 0.0267. The summed E-state index contributed by atoms with van der Waals surface area (Å²) < 4.78 is 11.2. The Morgan fingerprint density at radius 2 is 2.04 bits per heavy atom. The number of amides is 1. The fourth-order valence-corrected chi connectivity index (χ4v) is 4.23. The van der Waals surface area contributed by atoms with Crippen LogP contribution in [0.5, 0.6) is 0 Å². The lowest BCUT2D eigenvalue weighted by atomic mass is 10.0. The maximum atomic E-state index is 13.5. The summed E-state index contributed by atoms with van der Waals surface area (Å²) in [5.74, 6) is 0.531. The van der Waals surface area contributed by atoms with E-state index in [1.54, 1.807) is 0 Å². The summed E-state index contributed by atoms with van der Waals surface area (Å²) in [6.07, 6.45) is 5.65. The van der Waals surface area contributed by atoms with Crippen molar-refractivity contribution in [1.82, 2.24) is 14.8 Å². The second-order valence-corrected chi connectivity index (χ2v) is 7.79. The van der Waals surface area contributed by atoms with Crippen LogP contribution in [0.25, 0.3) is 11.3 Å². The fraction of sp³-hybridized carbons (Fsp3) is 0.545. The third-order valence-electron chi connectivity index (χ3n) is 5.80. The summed E-state index contributed by atoms with van der Waals surface area (Å²) in [4.78, 5) is 22.3. The predicted molar refractivity (Wildman–Crippen MR) is 107 cm³/mol. The maximum Gasteiger partial charge on any atom is 0.276 e. The van der Waals surface area contributed by atoms with Crippen molar-refractivity contribution in [3.05, 3.63) is 41.9 Å². The molecule has 0 aliphatic carbocycles. The lowest BCUT2D eigenvalue weighted by Gasteiger charge is -2.35. The number of oxazole rings is 1. The Hall–Kier alpha value is -2.18. The van der Waals surface area contributed by atoms with Crippen LogP contribution in [-0.4, -0.2) is 66.1 Å². The molecule has 28 heavy (non-hydrogen) atoms. The van der Waals surface area contributed by atoms with Gasteiger partial charge in [0, 0.05) is 37.9 Å². The number of aryl methyl sites for hydroxylation is 1. The number of rotatable bonds is 6. The van der Waals surface area contributed by atoms with Crippen molar-refractivity contribution in [3.63, 3.8) is 0 Å². The van der Waals surface area contributed by atoms with E-state index in [1.165, 1.54) is 19.2 Å². The highest BCUT2D eigenvalue weighted by Crippen LogP contribution is 2.27. The number of likely N-dealkylation sites (tertiary alicyclic amines) is 1.